The zero-order chi connectivity index (χ0) is 10.1. The van der Waals surface area contributed by atoms with Crippen LogP contribution in [-0.2, 0) is 0 Å². The number of amides is 1. The number of hydrogen-bond donors (Lipinski definition) is 2. The average Bonchev–Trinajstić information content (AvgIpc) is 2.70. The van der Waals surface area contributed by atoms with E-state index >= 15 is 0 Å². The number of aromatic nitrogens is 2. The molecule has 0 bridgehead atoms. The lowest BCUT2D eigenvalue weighted by Gasteiger charge is -2.19. The molecule has 1 saturated heterocycles. The zero-order valence-corrected chi connectivity index (χ0v) is 7.97. The third kappa shape index (κ3) is 1.45. The number of nitrogens with zero attached hydrogens (tertiary/aromatic N) is 2. The van der Waals surface area contributed by atoms with Crippen molar-refractivity contribution in [1.29, 1.82) is 0 Å². The highest BCUT2D eigenvalue weighted by atomic mass is 16.4. The van der Waals surface area contributed by atoms with Gasteiger partial charge >= 0.3 is 6.09 Å². The van der Waals surface area contributed by atoms with E-state index in [0.717, 1.165) is 12.2 Å². The predicted molar refractivity (Wildman–Crippen MR) is 49.8 cm³/mol. The van der Waals surface area contributed by atoms with Crippen molar-refractivity contribution in [1.82, 2.24) is 14.9 Å². The fraction of sp³-hybridized carbons (Fsp3) is 0.556. The Labute approximate surface area is 81.8 Å². The third-order valence-corrected chi connectivity index (χ3v) is 2.59. The van der Waals surface area contributed by atoms with Crippen LogP contribution in [0.1, 0.15) is 25.2 Å². The van der Waals surface area contributed by atoms with Gasteiger partial charge < -0.3 is 10.1 Å². The summed E-state index contributed by atoms with van der Waals surface area (Å²) >= 11 is 0. The maximum atomic E-state index is 10.9. The smallest absolute Gasteiger partial charge is 0.407 e. The monoisotopic (exact) mass is 195 g/mol. The van der Waals surface area contributed by atoms with E-state index in [1.165, 1.54) is 4.90 Å². The Kier molecular flexibility index (Phi) is 2.15. The fourth-order valence-corrected chi connectivity index (χ4v) is 1.98. The van der Waals surface area contributed by atoms with Crippen LogP contribution >= 0.6 is 0 Å². The van der Waals surface area contributed by atoms with Gasteiger partial charge in [0.2, 0.25) is 0 Å². The summed E-state index contributed by atoms with van der Waals surface area (Å²) in [6.07, 6.45) is 3.35. The van der Waals surface area contributed by atoms with E-state index in [4.69, 9.17) is 5.11 Å². The van der Waals surface area contributed by atoms with Crippen LogP contribution < -0.4 is 0 Å². The largest absolute Gasteiger partial charge is 0.465 e. The second kappa shape index (κ2) is 3.32. The molecule has 1 aliphatic heterocycles. The molecule has 1 aromatic rings. The zero-order valence-electron chi connectivity index (χ0n) is 7.97. The summed E-state index contributed by atoms with van der Waals surface area (Å²) in [4.78, 5) is 19.5. The van der Waals surface area contributed by atoms with Crippen molar-refractivity contribution in [2.24, 2.45) is 5.92 Å². The molecule has 0 spiro atoms. The molecule has 1 fully saturated rings. The van der Waals surface area contributed by atoms with Gasteiger partial charge in [0.1, 0.15) is 5.82 Å². The molecule has 2 rings (SSSR count). The van der Waals surface area contributed by atoms with Crippen molar-refractivity contribution < 1.29 is 9.90 Å². The van der Waals surface area contributed by atoms with Gasteiger partial charge in [-0.2, -0.15) is 0 Å². The van der Waals surface area contributed by atoms with Gasteiger partial charge in [-0.25, -0.2) is 9.78 Å². The number of nitrogens with one attached hydrogen (secondary N) is 1. The summed E-state index contributed by atoms with van der Waals surface area (Å²) in [5.74, 6) is 1.15. The molecule has 1 unspecified atom stereocenters. The first-order chi connectivity index (χ1) is 6.68. The number of carbonyl (C=O) groups is 1. The first-order valence-electron chi connectivity index (χ1n) is 4.67. The number of aromatic amines is 1. The summed E-state index contributed by atoms with van der Waals surface area (Å²) in [6.45, 7) is 2.65. The molecule has 0 aliphatic carbocycles. The van der Waals surface area contributed by atoms with Gasteiger partial charge in [0.05, 0.1) is 6.04 Å². The SMILES string of the molecule is CC1C[C@@H](c2ncc[nH]2)N(C(=O)O)C1. The highest BCUT2D eigenvalue weighted by Crippen LogP contribution is 2.33. The minimum Gasteiger partial charge on any atom is -0.465 e. The summed E-state index contributed by atoms with van der Waals surface area (Å²) in [5, 5.41) is 8.98. The van der Waals surface area contributed by atoms with Gasteiger partial charge in [0, 0.05) is 18.9 Å². The number of rotatable bonds is 1. The fourth-order valence-electron chi connectivity index (χ4n) is 1.98. The molecule has 0 radical (unpaired) electrons. The van der Waals surface area contributed by atoms with E-state index in [2.05, 4.69) is 16.9 Å². The number of likely N-dealkylation sites (tertiary alicyclic amines) is 1. The van der Waals surface area contributed by atoms with Gasteiger partial charge in [-0.05, 0) is 12.3 Å². The quantitative estimate of drug-likeness (QED) is 0.713. The molecule has 2 atom stereocenters. The predicted octanol–water partition coefficient (Wildman–Crippen LogP) is 1.47. The van der Waals surface area contributed by atoms with Gasteiger partial charge in [0.15, 0.2) is 0 Å². The minimum absolute atomic E-state index is 0.0995. The van der Waals surface area contributed by atoms with Gasteiger partial charge in [0.25, 0.3) is 0 Å². The molecular weight excluding hydrogens is 182 g/mol. The Morgan fingerprint density at radius 1 is 1.79 bits per heavy atom. The molecule has 76 valence electrons. The summed E-state index contributed by atoms with van der Waals surface area (Å²) < 4.78 is 0. The molecule has 1 aliphatic rings. The van der Waals surface area contributed by atoms with Crippen LogP contribution in [0.4, 0.5) is 4.79 Å². The summed E-state index contributed by atoms with van der Waals surface area (Å²) in [7, 11) is 0. The Morgan fingerprint density at radius 2 is 2.57 bits per heavy atom. The number of imidazole rings is 1. The van der Waals surface area contributed by atoms with Gasteiger partial charge in [-0.1, -0.05) is 6.92 Å². The van der Waals surface area contributed by atoms with Crippen molar-refractivity contribution in [2.45, 2.75) is 19.4 Å². The molecule has 0 saturated carbocycles. The molecule has 14 heavy (non-hydrogen) atoms. The van der Waals surface area contributed by atoms with E-state index in [9.17, 15) is 4.79 Å². The topological polar surface area (TPSA) is 69.2 Å². The van der Waals surface area contributed by atoms with E-state index in [1.807, 2.05) is 0 Å². The highest BCUT2D eigenvalue weighted by molar-refractivity contribution is 5.66. The van der Waals surface area contributed by atoms with Gasteiger partial charge in [-0.3, -0.25) is 4.90 Å². The van der Waals surface area contributed by atoms with E-state index < -0.39 is 6.09 Å². The standard InChI is InChI=1S/C9H13N3O2/c1-6-4-7(8-10-2-3-11-8)12(5-6)9(13)14/h2-3,6-7H,4-5H2,1H3,(H,10,11)(H,13,14)/t6?,7-/m0/s1. The second-order valence-electron chi connectivity index (χ2n) is 3.77. The summed E-state index contributed by atoms with van der Waals surface area (Å²) in [5.41, 5.74) is 0. The van der Waals surface area contributed by atoms with Gasteiger partial charge in [-0.15, -0.1) is 0 Å². The molecule has 5 heteroatoms. The van der Waals surface area contributed by atoms with Crippen LogP contribution in [0.3, 0.4) is 0 Å². The molecule has 1 amide bonds. The molecule has 0 aromatic carbocycles. The summed E-state index contributed by atoms with van der Waals surface area (Å²) in [6, 6.07) is -0.0995. The second-order valence-corrected chi connectivity index (χ2v) is 3.77. The van der Waals surface area contributed by atoms with Crippen molar-refractivity contribution in [3.8, 4) is 0 Å². The highest BCUT2D eigenvalue weighted by Gasteiger charge is 2.35. The van der Waals surface area contributed by atoms with Crippen LogP contribution in [0.25, 0.3) is 0 Å². The number of carboxylic acid groups (broad SMARTS) is 1. The Hall–Kier alpha value is -1.52. The molecule has 2 heterocycles. The van der Waals surface area contributed by atoms with Crippen molar-refractivity contribution >= 4 is 6.09 Å². The third-order valence-electron chi connectivity index (χ3n) is 2.59. The lowest BCUT2D eigenvalue weighted by atomic mass is 10.1. The maximum Gasteiger partial charge on any atom is 0.407 e. The van der Waals surface area contributed by atoms with Crippen LogP contribution in [0, 0.1) is 5.92 Å². The Balaban J connectivity index is 2.21. The molecular formula is C9H13N3O2. The Bertz CT molecular complexity index is 323. The van der Waals surface area contributed by atoms with E-state index in [-0.39, 0.29) is 6.04 Å². The average molecular weight is 195 g/mol. The van der Waals surface area contributed by atoms with Crippen molar-refractivity contribution in [2.75, 3.05) is 6.54 Å². The molecule has 2 N–H and O–H groups in total. The number of hydrogen-bond acceptors (Lipinski definition) is 2. The van der Waals surface area contributed by atoms with E-state index in [0.29, 0.717) is 12.5 Å². The maximum absolute atomic E-state index is 10.9. The first kappa shape index (κ1) is 9.05. The van der Waals surface area contributed by atoms with Crippen molar-refractivity contribution in [3.05, 3.63) is 18.2 Å². The normalized spacial score (nSPS) is 26.8. The first-order valence-corrected chi connectivity index (χ1v) is 4.67. The number of H-pyrrole nitrogens is 1. The van der Waals surface area contributed by atoms with Crippen molar-refractivity contribution in [3.63, 3.8) is 0 Å². The lowest BCUT2D eigenvalue weighted by Crippen LogP contribution is -2.29. The Morgan fingerprint density at radius 3 is 3.14 bits per heavy atom. The molecule has 5 nitrogen and oxygen atoms in total. The van der Waals surface area contributed by atoms with Crippen LogP contribution in [0.2, 0.25) is 0 Å². The van der Waals surface area contributed by atoms with Crippen LogP contribution in [0.15, 0.2) is 12.4 Å². The lowest BCUT2D eigenvalue weighted by molar-refractivity contribution is 0.138. The minimum atomic E-state index is -0.865. The van der Waals surface area contributed by atoms with E-state index in [1.54, 1.807) is 12.4 Å². The van der Waals surface area contributed by atoms with Crippen LogP contribution in [0.5, 0.6) is 0 Å². The molecule has 1 aromatic heterocycles. The van der Waals surface area contributed by atoms with Crippen LogP contribution in [-0.4, -0.2) is 32.6 Å².